The van der Waals surface area contributed by atoms with Crippen molar-refractivity contribution in [2.45, 2.75) is 45.3 Å². The molecule has 0 amide bonds. The minimum atomic E-state index is 0.120. The largest absolute Gasteiger partial charge is 0.309 e. The van der Waals surface area contributed by atoms with Crippen molar-refractivity contribution in [2.24, 2.45) is 7.05 Å². The predicted molar refractivity (Wildman–Crippen MR) is 65.4 cm³/mol. The Morgan fingerprint density at radius 3 is 2.59 bits per heavy atom. The van der Waals surface area contributed by atoms with Gasteiger partial charge in [0, 0.05) is 24.2 Å². The van der Waals surface area contributed by atoms with E-state index in [0.717, 1.165) is 25.5 Å². The van der Waals surface area contributed by atoms with Gasteiger partial charge in [0.25, 0.3) is 0 Å². The Hall–Kier alpha value is -1.01. The summed E-state index contributed by atoms with van der Waals surface area (Å²) in [5.74, 6) is 0.790. The molecule has 0 atom stereocenters. The highest BCUT2D eigenvalue weighted by molar-refractivity contribution is 4.98. The van der Waals surface area contributed by atoms with Crippen LogP contribution in [0, 0.1) is 0 Å². The van der Waals surface area contributed by atoms with Crippen LogP contribution in [0.2, 0.25) is 0 Å². The summed E-state index contributed by atoms with van der Waals surface area (Å²) < 4.78 is 0. The van der Waals surface area contributed by atoms with Gasteiger partial charge in [0.1, 0.15) is 0 Å². The first kappa shape index (κ1) is 12.4. The van der Waals surface area contributed by atoms with E-state index >= 15 is 0 Å². The summed E-state index contributed by atoms with van der Waals surface area (Å²) in [7, 11) is 1.79. The number of aromatic nitrogens is 4. The smallest absolute Gasteiger partial charge is 0.188 e. The second kappa shape index (κ2) is 4.03. The van der Waals surface area contributed by atoms with Gasteiger partial charge in [0.05, 0.1) is 13.6 Å². The summed E-state index contributed by atoms with van der Waals surface area (Å²) in [6.45, 7) is 11.6. The fourth-order valence-electron chi connectivity index (χ4n) is 2.14. The maximum Gasteiger partial charge on any atom is 0.188 e. The monoisotopic (exact) mass is 238 g/mol. The van der Waals surface area contributed by atoms with E-state index in [-0.39, 0.29) is 11.1 Å². The van der Waals surface area contributed by atoms with Gasteiger partial charge in [-0.1, -0.05) is 0 Å². The van der Waals surface area contributed by atoms with Crippen LogP contribution in [0.1, 0.15) is 33.5 Å². The first-order valence-corrected chi connectivity index (χ1v) is 6.01. The maximum atomic E-state index is 4.25. The fraction of sp³-hybridized carbons (Fsp3) is 0.909. The Kier molecular flexibility index (Phi) is 2.95. The normalized spacial score (nSPS) is 23.8. The molecule has 0 aromatic carbocycles. The van der Waals surface area contributed by atoms with Gasteiger partial charge in [-0.05, 0) is 32.9 Å². The Morgan fingerprint density at radius 1 is 1.29 bits per heavy atom. The highest BCUT2D eigenvalue weighted by atomic mass is 15.6. The van der Waals surface area contributed by atoms with E-state index < -0.39 is 0 Å². The van der Waals surface area contributed by atoms with E-state index in [4.69, 9.17) is 0 Å². The van der Waals surface area contributed by atoms with Gasteiger partial charge in [-0.25, -0.2) is 0 Å². The Morgan fingerprint density at radius 2 is 2.00 bits per heavy atom. The van der Waals surface area contributed by atoms with Gasteiger partial charge in [0.2, 0.25) is 0 Å². The molecule has 0 radical (unpaired) electrons. The van der Waals surface area contributed by atoms with Crippen molar-refractivity contribution < 1.29 is 0 Å². The van der Waals surface area contributed by atoms with E-state index in [2.05, 4.69) is 53.3 Å². The van der Waals surface area contributed by atoms with E-state index in [9.17, 15) is 0 Å². The summed E-state index contributed by atoms with van der Waals surface area (Å²) in [6, 6.07) is 0. The molecule has 6 nitrogen and oxygen atoms in total. The topological polar surface area (TPSA) is 58.9 Å². The van der Waals surface area contributed by atoms with Crippen LogP contribution in [-0.2, 0) is 13.6 Å². The third-order valence-electron chi connectivity index (χ3n) is 3.32. The molecule has 1 N–H and O–H groups in total. The van der Waals surface area contributed by atoms with Crippen LogP contribution in [0.3, 0.4) is 0 Å². The third kappa shape index (κ3) is 2.81. The molecule has 6 heteroatoms. The number of nitrogens with one attached hydrogen (secondary N) is 1. The van der Waals surface area contributed by atoms with Crippen LogP contribution in [0.4, 0.5) is 0 Å². The van der Waals surface area contributed by atoms with Crippen molar-refractivity contribution in [1.82, 2.24) is 30.4 Å². The van der Waals surface area contributed by atoms with Crippen molar-refractivity contribution in [3.8, 4) is 0 Å². The number of hydrogen-bond acceptors (Lipinski definition) is 5. The zero-order valence-electron chi connectivity index (χ0n) is 11.4. The van der Waals surface area contributed by atoms with Gasteiger partial charge in [-0.3, -0.25) is 4.90 Å². The zero-order valence-corrected chi connectivity index (χ0v) is 11.4. The van der Waals surface area contributed by atoms with E-state index in [1.807, 2.05) is 0 Å². The van der Waals surface area contributed by atoms with Crippen LogP contribution in [0.25, 0.3) is 0 Å². The maximum absolute atomic E-state index is 4.25. The molecule has 1 aromatic rings. The third-order valence-corrected chi connectivity index (χ3v) is 3.32. The molecule has 96 valence electrons. The molecule has 1 saturated heterocycles. The Labute approximate surface area is 102 Å². The summed E-state index contributed by atoms with van der Waals surface area (Å²) >= 11 is 0. The van der Waals surface area contributed by atoms with E-state index in [1.54, 1.807) is 7.05 Å². The van der Waals surface area contributed by atoms with Gasteiger partial charge < -0.3 is 5.32 Å². The van der Waals surface area contributed by atoms with Crippen molar-refractivity contribution in [3.05, 3.63) is 5.82 Å². The molecule has 1 fully saturated rings. The van der Waals surface area contributed by atoms with Crippen molar-refractivity contribution >= 4 is 0 Å². The average Bonchev–Trinajstić information content (AvgIpc) is 2.59. The SMILES string of the molecule is Cn1nnc(CN2CC(C)(C)NCC2(C)C)n1. The van der Waals surface area contributed by atoms with Crippen LogP contribution in [0.5, 0.6) is 0 Å². The molecule has 1 aliphatic rings. The first-order chi connectivity index (χ1) is 7.78. The molecular formula is C11H22N6. The number of hydrogen-bond donors (Lipinski definition) is 1. The molecule has 0 unspecified atom stereocenters. The molecule has 0 bridgehead atoms. The highest BCUT2D eigenvalue weighted by Gasteiger charge is 2.37. The average molecular weight is 238 g/mol. The number of tetrazole rings is 1. The molecule has 2 heterocycles. The lowest BCUT2D eigenvalue weighted by Crippen LogP contribution is -2.65. The summed E-state index contributed by atoms with van der Waals surface area (Å²) in [5.41, 5.74) is 0.256. The standard InChI is InChI=1S/C11H22N6/c1-10(2)8-17(11(3,4)7-12-10)6-9-13-15-16(5)14-9/h12H,6-8H2,1-5H3. The molecule has 0 aliphatic carbocycles. The van der Waals surface area contributed by atoms with Crippen LogP contribution in [-0.4, -0.2) is 49.3 Å². The fourth-order valence-corrected chi connectivity index (χ4v) is 2.14. The minimum absolute atomic E-state index is 0.120. The lowest BCUT2D eigenvalue weighted by molar-refractivity contribution is 0.0302. The summed E-state index contributed by atoms with van der Waals surface area (Å²) in [6.07, 6.45) is 0. The molecule has 1 aromatic heterocycles. The molecule has 1 aliphatic heterocycles. The van der Waals surface area contributed by atoms with Crippen molar-refractivity contribution in [1.29, 1.82) is 0 Å². The first-order valence-electron chi connectivity index (χ1n) is 6.01. The lowest BCUT2D eigenvalue weighted by atomic mass is 9.91. The summed E-state index contributed by atoms with van der Waals surface area (Å²) in [4.78, 5) is 3.93. The quantitative estimate of drug-likeness (QED) is 0.796. The van der Waals surface area contributed by atoms with Gasteiger partial charge in [-0.15, -0.1) is 10.2 Å². The van der Waals surface area contributed by atoms with Gasteiger partial charge >= 0.3 is 0 Å². The van der Waals surface area contributed by atoms with Crippen LogP contribution >= 0.6 is 0 Å². The van der Waals surface area contributed by atoms with Crippen molar-refractivity contribution in [2.75, 3.05) is 13.1 Å². The molecule has 2 rings (SSSR count). The number of rotatable bonds is 2. The van der Waals surface area contributed by atoms with Crippen molar-refractivity contribution in [3.63, 3.8) is 0 Å². The minimum Gasteiger partial charge on any atom is -0.309 e. The van der Waals surface area contributed by atoms with Gasteiger partial charge in [-0.2, -0.15) is 4.80 Å². The Balaban J connectivity index is 2.11. The number of aryl methyl sites for hydroxylation is 1. The van der Waals surface area contributed by atoms with E-state index in [1.165, 1.54) is 4.80 Å². The zero-order chi connectivity index (χ0) is 12.7. The highest BCUT2D eigenvalue weighted by Crippen LogP contribution is 2.24. The summed E-state index contributed by atoms with van der Waals surface area (Å²) in [5, 5.41) is 15.8. The lowest BCUT2D eigenvalue weighted by Gasteiger charge is -2.49. The van der Waals surface area contributed by atoms with Crippen LogP contribution < -0.4 is 5.32 Å². The van der Waals surface area contributed by atoms with Gasteiger partial charge in [0.15, 0.2) is 5.82 Å². The predicted octanol–water partition coefficient (Wildman–Crippen LogP) is 0.173. The second-order valence-corrected chi connectivity index (χ2v) is 6.10. The number of piperazine rings is 1. The Bertz CT molecular complexity index is 394. The molecule has 0 saturated carbocycles. The molecule has 17 heavy (non-hydrogen) atoms. The van der Waals surface area contributed by atoms with E-state index in [0.29, 0.717) is 0 Å². The second-order valence-electron chi connectivity index (χ2n) is 6.10. The molecule has 0 spiro atoms. The molecular weight excluding hydrogens is 216 g/mol. The van der Waals surface area contributed by atoms with Crippen LogP contribution in [0.15, 0.2) is 0 Å². The number of nitrogens with zero attached hydrogens (tertiary/aromatic N) is 5.